The Balaban J connectivity index is 2.25. The van der Waals surface area contributed by atoms with E-state index in [0.29, 0.717) is 18.8 Å². The second kappa shape index (κ2) is 4.85. The van der Waals surface area contributed by atoms with Gasteiger partial charge in [0.15, 0.2) is 5.78 Å². The first-order valence-corrected chi connectivity index (χ1v) is 5.65. The number of hydrogen-bond acceptors (Lipinski definition) is 4. The van der Waals surface area contributed by atoms with Crippen molar-refractivity contribution in [3.63, 3.8) is 0 Å². The fourth-order valence-corrected chi connectivity index (χ4v) is 2.08. The molecule has 0 saturated carbocycles. The summed E-state index contributed by atoms with van der Waals surface area (Å²) in [7, 11) is 1.61. The van der Waals surface area contributed by atoms with Crippen molar-refractivity contribution in [1.82, 2.24) is 0 Å². The van der Waals surface area contributed by atoms with Crippen LogP contribution in [0.15, 0.2) is 18.2 Å². The van der Waals surface area contributed by atoms with Crippen molar-refractivity contribution in [2.45, 2.75) is 13.0 Å². The summed E-state index contributed by atoms with van der Waals surface area (Å²) in [5.41, 5.74) is 7.47. The summed E-state index contributed by atoms with van der Waals surface area (Å²) in [6, 6.07) is 5.25. The molecule has 1 aromatic rings. The number of carbonyl (C=O) groups excluding carboxylic acids is 1. The molecule has 1 heterocycles. The number of nitrogens with two attached hydrogens (primary N) is 1. The van der Waals surface area contributed by atoms with E-state index in [2.05, 4.69) is 0 Å². The molecule has 4 heteroatoms. The van der Waals surface area contributed by atoms with E-state index in [9.17, 15) is 4.79 Å². The highest BCUT2D eigenvalue weighted by Gasteiger charge is 2.32. The molecule has 0 bridgehead atoms. The molecule has 1 aromatic carbocycles. The van der Waals surface area contributed by atoms with E-state index in [1.807, 2.05) is 13.0 Å². The van der Waals surface area contributed by atoms with Crippen LogP contribution in [0.5, 0.6) is 5.75 Å². The Kier molecular flexibility index (Phi) is 3.45. The van der Waals surface area contributed by atoms with Gasteiger partial charge >= 0.3 is 0 Å². The van der Waals surface area contributed by atoms with Crippen LogP contribution >= 0.6 is 0 Å². The Morgan fingerprint density at radius 3 is 2.76 bits per heavy atom. The van der Waals surface area contributed by atoms with Gasteiger partial charge in [-0.3, -0.25) is 4.79 Å². The van der Waals surface area contributed by atoms with Crippen LogP contribution < -0.4 is 10.5 Å². The second-order valence-corrected chi connectivity index (χ2v) is 4.35. The molecule has 1 fully saturated rings. The first kappa shape index (κ1) is 12.1. The van der Waals surface area contributed by atoms with Gasteiger partial charge in [0.2, 0.25) is 0 Å². The van der Waals surface area contributed by atoms with Crippen LogP contribution in [0.25, 0.3) is 0 Å². The summed E-state index contributed by atoms with van der Waals surface area (Å²) < 4.78 is 10.3. The Morgan fingerprint density at radius 1 is 1.47 bits per heavy atom. The van der Waals surface area contributed by atoms with Gasteiger partial charge in [-0.15, -0.1) is 0 Å². The lowest BCUT2D eigenvalue weighted by molar-refractivity contribution is 0.0895. The SMILES string of the molecule is COc1ccc(C(=O)C2COCC2N)c(C)c1. The van der Waals surface area contributed by atoms with Crippen LogP contribution in [0.2, 0.25) is 0 Å². The van der Waals surface area contributed by atoms with Gasteiger partial charge in [0, 0.05) is 11.6 Å². The second-order valence-electron chi connectivity index (χ2n) is 4.35. The number of Topliss-reactive ketones (excluding diaryl/α,β-unsaturated/α-hetero) is 1. The number of ketones is 1. The molecule has 1 aliphatic rings. The number of hydrogen-bond donors (Lipinski definition) is 1. The number of rotatable bonds is 3. The number of carbonyl (C=O) groups is 1. The predicted molar refractivity (Wildman–Crippen MR) is 64.3 cm³/mol. The van der Waals surface area contributed by atoms with Gasteiger partial charge in [-0.1, -0.05) is 0 Å². The number of aryl methyl sites for hydroxylation is 1. The lowest BCUT2D eigenvalue weighted by Crippen LogP contribution is -2.34. The largest absolute Gasteiger partial charge is 0.497 e. The van der Waals surface area contributed by atoms with Crippen molar-refractivity contribution < 1.29 is 14.3 Å². The average Bonchev–Trinajstić information content (AvgIpc) is 2.74. The smallest absolute Gasteiger partial charge is 0.170 e. The van der Waals surface area contributed by atoms with Gasteiger partial charge in [0.05, 0.1) is 26.2 Å². The van der Waals surface area contributed by atoms with E-state index in [1.54, 1.807) is 19.2 Å². The molecule has 0 spiro atoms. The van der Waals surface area contributed by atoms with E-state index >= 15 is 0 Å². The normalized spacial score (nSPS) is 23.7. The van der Waals surface area contributed by atoms with E-state index < -0.39 is 0 Å². The molecule has 2 N–H and O–H groups in total. The third kappa shape index (κ3) is 2.33. The van der Waals surface area contributed by atoms with Gasteiger partial charge in [-0.25, -0.2) is 0 Å². The summed E-state index contributed by atoms with van der Waals surface area (Å²) in [6.45, 7) is 2.79. The number of ether oxygens (including phenoxy) is 2. The third-order valence-electron chi connectivity index (χ3n) is 3.16. The quantitative estimate of drug-likeness (QED) is 0.799. The zero-order valence-corrected chi connectivity index (χ0v) is 10.1. The summed E-state index contributed by atoms with van der Waals surface area (Å²) >= 11 is 0. The molecule has 0 radical (unpaired) electrons. The summed E-state index contributed by atoms with van der Waals surface area (Å²) in [5.74, 6) is 0.600. The molecule has 17 heavy (non-hydrogen) atoms. The summed E-state index contributed by atoms with van der Waals surface area (Å²) in [5, 5.41) is 0. The summed E-state index contributed by atoms with van der Waals surface area (Å²) in [4.78, 5) is 12.3. The molecule has 2 atom stereocenters. The van der Waals surface area contributed by atoms with E-state index in [4.69, 9.17) is 15.2 Å². The van der Waals surface area contributed by atoms with Crippen molar-refractivity contribution in [3.8, 4) is 5.75 Å². The summed E-state index contributed by atoms with van der Waals surface area (Å²) in [6.07, 6.45) is 0. The zero-order valence-electron chi connectivity index (χ0n) is 10.1. The molecule has 92 valence electrons. The minimum atomic E-state index is -0.220. The van der Waals surface area contributed by atoms with Gasteiger partial charge in [0.25, 0.3) is 0 Å². The van der Waals surface area contributed by atoms with Crippen LogP contribution in [0.4, 0.5) is 0 Å². The van der Waals surface area contributed by atoms with Crippen molar-refractivity contribution in [2.75, 3.05) is 20.3 Å². The molecule has 2 unspecified atom stereocenters. The third-order valence-corrected chi connectivity index (χ3v) is 3.16. The first-order valence-electron chi connectivity index (χ1n) is 5.65. The molecule has 1 aliphatic heterocycles. The Morgan fingerprint density at radius 2 is 2.24 bits per heavy atom. The predicted octanol–water partition coefficient (Wildman–Crippen LogP) is 1.16. The first-order chi connectivity index (χ1) is 8.13. The number of benzene rings is 1. The molecule has 4 nitrogen and oxygen atoms in total. The van der Waals surface area contributed by atoms with Crippen LogP contribution in [-0.4, -0.2) is 32.1 Å². The highest BCUT2D eigenvalue weighted by atomic mass is 16.5. The molecule has 2 rings (SSSR count). The zero-order chi connectivity index (χ0) is 12.4. The fourth-order valence-electron chi connectivity index (χ4n) is 2.08. The van der Waals surface area contributed by atoms with Crippen LogP contribution in [0.1, 0.15) is 15.9 Å². The van der Waals surface area contributed by atoms with Crippen molar-refractivity contribution in [3.05, 3.63) is 29.3 Å². The van der Waals surface area contributed by atoms with Gasteiger partial charge in [-0.05, 0) is 30.7 Å². The van der Waals surface area contributed by atoms with E-state index in [1.165, 1.54) is 0 Å². The molecule has 0 aliphatic carbocycles. The maximum Gasteiger partial charge on any atom is 0.170 e. The number of methoxy groups -OCH3 is 1. The topological polar surface area (TPSA) is 61.5 Å². The average molecular weight is 235 g/mol. The molecule has 0 aromatic heterocycles. The van der Waals surface area contributed by atoms with Gasteiger partial charge < -0.3 is 15.2 Å². The molecular formula is C13H17NO3. The van der Waals surface area contributed by atoms with Gasteiger partial charge in [0.1, 0.15) is 5.75 Å². The van der Waals surface area contributed by atoms with Crippen LogP contribution in [-0.2, 0) is 4.74 Å². The molecule has 0 amide bonds. The Labute approximate surface area is 101 Å². The fraction of sp³-hybridized carbons (Fsp3) is 0.462. The minimum Gasteiger partial charge on any atom is -0.497 e. The van der Waals surface area contributed by atoms with Crippen LogP contribution in [0.3, 0.4) is 0 Å². The standard InChI is InChI=1S/C13H17NO3/c1-8-5-9(16-2)3-4-10(8)13(15)11-6-17-7-12(11)14/h3-5,11-12H,6-7,14H2,1-2H3. The van der Waals surface area contributed by atoms with Crippen molar-refractivity contribution in [1.29, 1.82) is 0 Å². The minimum absolute atomic E-state index is 0.0650. The highest BCUT2D eigenvalue weighted by Crippen LogP contribution is 2.23. The lowest BCUT2D eigenvalue weighted by atomic mass is 9.91. The van der Waals surface area contributed by atoms with Gasteiger partial charge in [-0.2, -0.15) is 0 Å². The van der Waals surface area contributed by atoms with E-state index in [0.717, 1.165) is 11.3 Å². The Hall–Kier alpha value is -1.39. The maximum absolute atomic E-state index is 12.3. The highest BCUT2D eigenvalue weighted by molar-refractivity contribution is 6.00. The van der Waals surface area contributed by atoms with Crippen LogP contribution in [0, 0.1) is 12.8 Å². The maximum atomic E-state index is 12.3. The monoisotopic (exact) mass is 235 g/mol. The van der Waals surface area contributed by atoms with E-state index in [-0.39, 0.29) is 17.7 Å². The molecular weight excluding hydrogens is 218 g/mol. The lowest BCUT2D eigenvalue weighted by Gasteiger charge is -2.14. The van der Waals surface area contributed by atoms with Crippen molar-refractivity contribution in [2.24, 2.45) is 11.7 Å². The molecule has 1 saturated heterocycles. The van der Waals surface area contributed by atoms with Crippen molar-refractivity contribution >= 4 is 5.78 Å². The Bertz CT molecular complexity index is 431.